The molecule has 1 heterocycles. The zero-order valence-corrected chi connectivity index (χ0v) is 17.0. The van der Waals surface area contributed by atoms with Crippen LogP contribution in [0, 0.1) is 6.92 Å². The molecule has 0 aliphatic heterocycles. The lowest BCUT2D eigenvalue weighted by Gasteiger charge is -2.18. The van der Waals surface area contributed by atoms with Gasteiger partial charge in [-0.25, -0.2) is 8.42 Å². The number of fused-ring (bicyclic) bond motifs is 1. The molecule has 1 aromatic heterocycles. The summed E-state index contributed by atoms with van der Waals surface area (Å²) in [7, 11) is -4.01. The second-order valence-electron chi connectivity index (χ2n) is 6.80. The van der Waals surface area contributed by atoms with Gasteiger partial charge in [0.25, 0.3) is 0 Å². The van der Waals surface area contributed by atoms with Crippen LogP contribution in [0.1, 0.15) is 11.3 Å². The van der Waals surface area contributed by atoms with Crippen molar-refractivity contribution in [3.63, 3.8) is 0 Å². The maximum atomic E-state index is 12.8. The third kappa shape index (κ3) is 5.40. The standard InChI is InChI=1S/C21H21N3O5S/c1-14-6-10-17(11-7-14)30(28,29)24-19(21(27)22-13-20(25)26)12-16-9-8-15-4-2-3-5-18(15)23-16/h2-11,19,24H,12-13H2,1H3,(H,22,27)(H,25,26). The van der Waals surface area contributed by atoms with Crippen molar-refractivity contribution in [2.45, 2.75) is 24.3 Å². The zero-order valence-electron chi connectivity index (χ0n) is 16.2. The van der Waals surface area contributed by atoms with E-state index < -0.39 is 34.5 Å². The van der Waals surface area contributed by atoms with E-state index >= 15 is 0 Å². The number of hydrogen-bond donors (Lipinski definition) is 3. The number of aromatic nitrogens is 1. The van der Waals surface area contributed by atoms with Gasteiger partial charge >= 0.3 is 5.97 Å². The van der Waals surface area contributed by atoms with Crippen molar-refractivity contribution in [2.75, 3.05) is 6.54 Å². The summed E-state index contributed by atoms with van der Waals surface area (Å²) in [5.74, 6) is -1.98. The second-order valence-corrected chi connectivity index (χ2v) is 8.51. The van der Waals surface area contributed by atoms with E-state index in [2.05, 4.69) is 15.0 Å². The number of pyridine rings is 1. The molecule has 2 aromatic carbocycles. The molecule has 0 aliphatic carbocycles. The Labute approximate surface area is 174 Å². The number of aliphatic carboxylic acids is 1. The van der Waals surface area contributed by atoms with E-state index in [-0.39, 0.29) is 11.3 Å². The summed E-state index contributed by atoms with van der Waals surface area (Å²) in [4.78, 5) is 27.8. The van der Waals surface area contributed by atoms with Gasteiger partial charge in [-0.2, -0.15) is 4.72 Å². The number of nitrogens with one attached hydrogen (secondary N) is 2. The largest absolute Gasteiger partial charge is 0.480 e. The molecule has 30 heavy (non-hydrogen) atoms. The average molecular weight is 427 g/mol. The van der Waals surface area contributed by atoms with Crippen LogP contribution in [0.25, 0.3) is 10.9 Å². The van der Waals surface area contributed by atoms with Gasteiger partial charge in [0.1, 0.15) is 12.6 Å². The summed E-state index contributed by atoms with van der Waals surface area (Å²) in [6.45, 7) is 1.21. The minimum atomic E-state index is -4.01. The van der Waals surface area contributed by atoms with Gasteiger partial charge in [-0.3, -0.25) is 14.6 Å². The Morgan fingerprint density at radius 1 is 1.03 bits per heavy atom. The summed E-state index contributed by atoms with van der Waals surface area (Å²) in [6.07, 6.45) is -0.0403. The van der Waals surface area contributed by atoms with E-state index in [1.807, 2.05) is 37.3 Å². The van der Waals surface area contributed by atoms with E-state index in [1.165, 1.54) is 12.1 Å². The third-order valence-corrected chi connectivity index (χ3v) is 5.92. The van der Waals surface area contributed by atoms with Crippen LogP contribution in [0.4, 0.5) is 0 Å². The van der Waals surface area contributed by atoms with Gasteiger partial charge in [0.05, 0.1) is 10.4 Å². The lowest BCUT2D eigenvalue weighted by atomic mass is 10.1. The van der Waals surface area contributed by atoms with Gasteiger partial charge in [0.15, 0.2) is 0 Å². The van der Waals surface area contributed by atoms with Gasteiger partial charge in [0, 0.05) is 17.5 Å². The Morgan fingerprint density at radius 2 is 1.73 bits per heavy atom. The molecule has 1 atom stereocenters. The highest BCUT2D eigenvalue weighted by atomic mass is 32.2. The van der Waals surface area contributed by atoms with E-state index in [1.54, 1.807) is 18.2 Å². The minimum Gasteiger partial charge on any atom is -0.480 e. The van der Waals surface area contributed by atoms with Crippen LogP contribution in [-0.2, 0) is 26.0 Å². The normalized spacial score (nSPS) is 12.4. The Morgan fingerprint density at radius 3 is 2.43 bits per heavy atom. The first-order valence-corrected chi connectivity index (χ1v) is 10.7. The van der Waals surface area contributed by atoms with Gasteiger partial charge in [0.2, 0.25) is 15.9 Å². The lowest BCUT2D eigenvalue weighted by Crippen LogP contribution is -2.49. The number of hydrogen-bond acceptors (Lipinski definition) is 5. The smallest absolute Gasteiger partial charge is 0.322 e. The number of aryl methyl sites for hydroxylation is 1. The molecule has 9 heteroatoms. The van der Waals surface area contributed by atoms with Crippen LogP contribution in [0.2, 0.25) is 0 Å². The minimum absolute atomic E-state index is 0.00982. The van der Waals surface area contributed by atoms with Crippen molar-refractivity contribution < 1.29 is 23.1 Å². The van der Waals surface area contributed by atoms with Gasteiger partial charge in [-0.05, 0) is 31.2 Å². The predicted molar refractivity (Wildman–Crippen MR) is 111 cm³/mol. The first-order valence-electron chi connectivity index (χ1n) is 9.18. The van der Waals surface area contributed by atoms with Crippen molar-refractivity contribution in [2.24, 2.45) is 0 Å². The van der Waals surface area contributed by atoms with Gasteiger partial charge < -0.3 is 10.4 Å². The molecule has 8 nitrogen and oxygen atoms in total. The summed E-state index contributed by atoms with van der Waals surface area (Å²) in [5, 5.41) is 12.0. The molecule has 3 rings (SSSR count). The number of rotatable bonds is 8. The third-order valence-electron chi connectivity index (χ3n) is 4.43. The van der Waals surface area contributed by atoms with E-state index in [0.29, 0.717) is 11.2 Å². The molecule has 0 fully saturated rings. The summed E-state index contributed by atoms with van der Waals surface area (Å²) >= 11 is 0. The molecule has 0 aliphatic rings. The Bertz CT molecular complexity index is 1180. The van der Waals surface area contributed by atoms with Crippen molar-refractivity contribution in [1.29, 1.82) is 0 Å². The second kappa shape index (κ2) is 9.02. The molecule has 0 radical (unpaired) electrons. The van der Waals surface area contributed by atoms with Gasteiger partial charge in [-0.1, -0.05) is 42.0 Å². The molecular weight excluding hydrogens is 406 g/mol. The van der Waals surface area contributed by atoms with Crippen LogP contribution < -0.4 is 10.0 Å². The summed E-state index contributed by atoms with van der Waals surface area (Å²) in [6, 6.07) is 15.9. The van der Waals surface area contributed by atoms with E-state index in [0.717, 1.165) is 10.9 Å². The fraction of sp³-hybridized carbons (Fsp3) is 0.190. The molecule has 3 aromatic rings. The molecule has 0 bridgehead atoms. The number of amides is 1. The predicted octanol–water partition coefficient (Wildman–Crippen LogP) is 1.63. The zero-order chi connectivity index (χ0) is 21.7. The maximum absolute atomic E-state index is 12.8. The number of para-hydroxylation sites is 1. The van der Waals surface area contributed by atoms with Crippen LogP contribution in [0.3, 0.4) is 0 Å². The van der Waals surface area contributed by atoms with Crippen molar-refractivity contribution >= 4 is 32.8 Å². The maximum Gasteiger partial charge on any atom is 0.322 e. The van der Waals surface area contributed by atoms with Crippen LogP contribution >= 0.6 is 0 Å². The Balaban J connectivity index is 1.87. The quantitative estimate of drug-likeness (QED) is 0.502. The number of carboxylic acid groups (broad SMARTS) is 1. The highest BCUT2D eigenvalue weighted by Gasteiger charge is 2.27. The Hall–Kier alpha value is -3.30. The van der Waals surface area contributed by atoms with E-state index in [4.69, 9.17) is 5.11 Å². The number of carboxylic acids is 1. The van der Waals surface area contributed by atoms with E-state index in [9.17, 15) is 18.0 Å². The monoisotopic (exact) mass is 427 g/mol. The lowest BCUT2D eigenvalue weighted by molar-refractivity contribution is -0.138. The molecule has 0 spiro atoms. The number of carbonyl (C=O) groups is 2. The van der Waals surface area contributed by atoms with Crippen LogP contribution in [0.5, 0.6) is 0 Å². The van der Waals surface area contributed by atoms with Crippen molar-refractivity contribution in [3.05, 3.63) is 71.9 Å². The summed E-state index contributed by atoms with van der Waals surface area (Å²) < 4.78 is 27.9. The first kappa shape index (κ1) is 21.4. The highest BCUT2D eigenvalue weighted by molar-refractivity contribution is 7.89. The molecule has 156 valence electrons. The first-order chi connectivity index (χ1) is 14.2. The molecular formula is C21H21N3O5S. The number of sulfonamides is 1. The van der Waals surface area contributed by atoms with Crippen LogP contribution in [-0.4, -0.2) is 43.0 Å². The average Bonchev–Trinajstić information content (AvgIpc) is 2.71. The van der Waals surface area contributed by atoms with Crippen LogP contribution in [0.15, 0.2) is 65.6 Å². The topological polar surface area (TPSA) is 125 Å². The molecule has 1 unspecified atom stereocenters. The number of carbonyl (C=O) groups excluding carboxylic acids is 1. The highest BCUT2D eigenvalue weighted by Crippen LogP contribution is 2.15. The summed E-state index contributed by atoms with van der Waals surface area (Å²) in [5.41, 5.74) is 2.10. The molecule has 0 saturated heterocycles. The fourth-order valence-corrected chi connectivity index (χ4v) is 4.07. The number of nitrogens with zero attached hydrogens (tertiary/aromatic N) is 1. The van der Waals surface area contributed by atoms with Crippen molar-refractivity contribution in [3.8, 4) is 0 Å². The van der Waals surface area contributed by atoms with Gasteiger partial charge in [-0.15, -0.1) is 0 Å². The molecule has 1 amide bonds. The fourth-order valence-electron chi connectivity index (χ4n) is 2.88. The Kier molecular flexibility index (Phi) is 6.43. The molecule has 3 N–H and O–H groups in total. The SMILES string of the molecule is Cc1ccc(S(=O)(=O)NC(Cc2ccc3ccccc3n2)C(=O)NCC(=O)O)cc1. The number of benzene rings is 2. The van der Waals surface area contributed by atoms with Crippen molar-refractivity contribution in [1.82, 2.24) is 15.0 Å². The molecule has 0 saturated carbocycles.